The number of fused-ring (bicyclic) bond motifs is 1. The lowest BCUT2D eigenvalue weighted by atomic mass is 9.87. The summed E-state index contributed by atoms with van der Waals surface area (Å²) in [7, 11) is 1.72. The van der Waals surface area contributed by atoms with Gasteiger partial charge in [0.2, 0.25) is 0 Å². The molecule has 0 saturated heterocycles. The van der Waals surface area contributed by atoms with Gasteiger partial charge in [0.1, 0.15) is 5.75 Å². The van der Waals surface area contributed by atoms with E-state index in [4.69, 9.17) is 4.74 Å². The van der Waals surface area contributed by atoms with E-state index in [2.05, 4.69) is 54.7 Å². The predicted octanol–water partition coefficient (Wildman–Crippen LogP) is 4.79. The molecule has 1 aliphatic rings. The van der Waals surface area contributed by atoms with Crippen LogP contribution in [-0.4, -0.2) is 29.6 Å². The Morgan fingerprint density at radius 2 is 2.04 bits per heavy atom. The molecule has 140 valence electrons. The van der Waals surface area contributed by atoms with E-state index in [1.54, 1.807) is 7.11 Å². The summed E-state index contributed by atoms with van der Waals surface area (Å²) in [5.74, 6) is 1.88. The summed E-state index contributed by atoms with van der Waals surface area (Å²) in [4.78, 5) is 1.28. The summed E-state index contributed by atoms with van der Waals surface area (Å²) in [5.41, 5.74) is 2.57. The van der Waals surface area contributed by atoms with E-state index >= 15 is 0 Å². The Labute approximate surface area is 161 Å². The van der Waals surface area contributed by atoms with Crippen molar-refractivity contribution < 1.29 is 9.84 Å². The smallest absolute Gasteiger partial charge is 0.119 e. The molecule has 0 bridgehead atoms. The molecule has 2 aromatic carbocycles. The van der Waals surface area contributed by atoms with E-state index in [0.29, 0.717) is 0 Å². The van der Waals surface area contributed by atoms with E-state index < -0.39 is 0 Å². The van der Waals surface area contributed by atoms with Crippen LogP contribution in [0.2, 0.25) is 0 Å². The minimum absolute atomic E-state index is 0.00554. The first-order chi connectivity index (χ1) is 12.6. The van der Waals surface area contributed by atoms with Crippen molar-refractivity contribution >= 4 is 11.8 Å². The second-order valence-electron chi connectivity index (χ2n) is 7.20. The first-order valence-electron chi connectivity index (χ1n) is 9.38. The fourth-order valence-electron chi connectivity index (χ4n) is 3.57. The van der Waals surface area contributed by atoms with Gasteiger partial charge in [0.25, 0.3) is 0 Å². The second-order valence-corrected chi connectivity index (χ2v) is 8.22. The van der Waals surface area contributed by atoms with Crippen LogP contribution >= 0.6 is 11.8 Å². The summed E-state index contributed by atoms with van der Waals surface area (Å²) in [6, 6.07) is 17.2. The lowest BCUT2D eigenvalue weighted by Crippen LogP contribution is -2.48. The van der Waals surface area contributed by atoms with Crippen molar-refractivity contribution in [1.82, 2.24) is 5.32 Å². The lowest BCUT2D eigenvalue weighted by molar-refractivity contribution is 0.161. The van der Waals surface area contributed by atoms with E-state index in [9.17, 15) is 5.11 Å². The minimum Gasteiger partial charge on any atom is -0.497 e. The SMILES string of the molecule is CC[C@]1(CCC(C)O)CSc2cc(OC)ccc2[C@H](c2ccccc2)N1. The molecule has 1 unspecified atom stereocenters. The fourth-order valence-corrected chi connectivity index (χ4v) is 4.98. The van der Waals surface area contributed by atoms with Crippen molar-refractivity contribution in [1.29, 1.82) is 0 Å². The summed E-state index contributed by atoms with van der Waals surface area (Å²) in [6.45, 7) is 4.12. The first-order valence-corrected chi connectivity index (χ1v) is 10.4. The number of ether oxygens (including phenoxy) is 1. The van der Waals surface area contributed by atoms with Crippen LogP contribution in [0.4, 0.5) is 0 Å². The number of benzene rings is 2. The number of rotatable bonds is 6. The van der Waals surface area contributed by atoms with Crippen molar-refractivity contribution in [2.24, 2.45) is 0 Å². The van der Waals surface area contributed by atoms with Crippen LogP contribution in [0.1, 0.15) is 50.3 Å². The van der Waals surface area contributed by atoms with Crippen LogP contribution in [0.15, 0.2) is 53.4 Å². The Hall–Kier alpha value is -1.49. The van der Waals surface area contributed by atoms with Gasteiger partial charge in [-0.15, -0.1) is 11.8 Å². The standard InChI is InChI=1S/C22H29NO2S/c1-4-22(13-12-16(2)24)15-26-20-14-18(25-3)10-11-19(20)21(23-22)17-8-6-5-7-9-17/h5-11,14,16,21,23-24H,4,12-13,15H2,1-3H3/t16?,21-,22-/m0/s1. The van der Waals surface area contributed by atoms with Crippen molar-refractivity contribution in [3.8, 4) is 5.75 Å². The molecule has 0 aliphatic carbocycles. The number of nitrogens with one attached hydrogen (secondary N) is 1. The Morgan fingerprint density at radius 1 is 1.27 bits per heavy atom. The predicted molar refractivity (Wildman–Crippen MR) is 109 cm³/mol. The second kappa shape index (κ2) is 8.47. The molecule has 0 radical (unpaired) electrons. The van der Waals surface area contributed by atoms with Gasteiger partial charge in [0.15, 0.2) is 0 Å². The summed E-state index contributed by atoms with van der Waals surface area (Å²) in [5, 5.41) is 13.8. The van der Waals surface area contributed by atoms with Crippen LogP contribution < -0.4 is 10.1 Å². The quantitative estimate of drug-likeness (QED) is 0.766. The molecule has 26 heavy (non-hydrogen) atoms. The largest absolute Gasteiger partial charge is 0.497 e. The molecule has 3 atom stereocenters. The Kier molecular flexibility index (Phi) is 6.28. The minimum atomic E-state index is -0.272. The fraction of sp³-hybridized carbons (Fsp3) is 0.455. The zero-order valence-corrected chi connectivity index (χ0v) is 16.7. The van der Waals surface area contributed by atoms with Gasteiger partial charge in [-0.2, -0.15) is 0 Å². The third kappa shape index (κ3) is 4.25. The Balaban J connectivity index is 2.02. The molecule has 0 saturated carbocycles. The average molecular weight is 372 g/mol. The molecule has 0 fully saturated rings. The number of thioether (sulfide) groups is 1. The van der Waals surface area contributed by atoms with Gasteiger partial charge in [-0.05, 0) is 49.4 Å². The first kappa shape index (κ1) is 19.3. The number of hydrogen-bond acceptors (Lipinski definition) is 4. The van der Waals surface area contributed by atoms with Crippen LogP contribution in [0.5, 0.6) is 5.75 Å². The maximum Gasteiger partial charge on any atom is 0.119 e. The Bertz CT molecular complexity index is 719. The maximum atomic E-state index is 9.84. The maximum absolute atomic E-state index is 9.84. The zero-order valence-electron chi connectivity index (χ0n) is 15.9. The molecular formula is C22H29NO2S. The van der Waals surface area contributed by atoms with Gasteiger partial charge in [0.05, 0.1) is 19.3 Å². The van der Waals surface area contributed by atoms with Crippen molar-refractivity contribution in [3.63, 3.8) is 0 Å². The van der Waals surface area contributed by atoms with Gasteiger partial charge in [-0.3, -0.25) is 5.32 Å². The van der Waals surface area contributed by atoms with Crippen molar-refractivity contribution in [2.75, 3.05) is 12.9 Å². The molecule has 1 heterocycles. The highest BCUT2D eigenvalue weighted by Crippen LogP contribution is 2.42. The lowest BCUT2D eigenvalue weighted by Gasteiger charge is -2.36. The monoisotopic (exact) mass is 371 g/mol. The molecular weight excluding hydrogens is 342 g/mol. The zero-order chi connectivity index (χ0) is 18.6. The normalized spacial score (nSPS) is 23.8. The van der Waals surface area contributed by atoms with E-state index in [0.717, 1.165) is 30.8 Å². The van der Waals surface area contributed by atoms with Gasteiger partial charge < -0.3 is 9.84 Å². The molecule has 2 aromatic rings. The number of aliphatic hydroxyl groups is 1. The molecule has 0 aromatic heterocycles. The van der Waals surface area contributed by atoms with Gasteiger partial charge >= 0.3 is 0 Å². The van der Waals surface area contributed by atoms with E-state index in [1.165, 1.54) is 16.0 Å². The number of methoxy groups -OCH3 is 1. The molecule has 3 nitrogen and oxygen atoms in total. The van der Waals surface area contributed by atoms with Crippen molar-refractivity contribution in [2.45, 2.75) is 55.7 Å². The summed E-state index contributed by atoms with van der Waals surface area (Å²) < 4.78 is 5.45. The summed E-state index contributed by atoms with van der Waals surface area (Å²) in [6.07, 6.45) is 2.53. The average Bonchev–Trinajstić information content (AvgIpc) is 2.84. The van der Waals surface area contributed by atoms with Crippen molar-refractivity contribution in [3.05, 3.63) is 59.7 Å². The highest BCUT2D eigenvalue weighted by atomic mass is 32.2. The van der Waals surface area contributed by atoms with Gasteiger partial charge in [0, 0.05) is 16.2 Å². The van der Waals surface area contributed by atoms with Gasteiger partial charge in [-0.1, -0.05) is 43.3 Å². The number of hydrogen-bond donors (Lipinski definition) is 2. The third-order valence-electron chi connectivity index (χ3n) is 5.34. The van der Waals surface area contributed by atoms with E-state index in [-0.39, 0.29) is 17.7 Å². The molecule has 0 amide bonds. The van der Waals surface area contributed by atoms with E-state index in [1.807, 2.05) is 24.8 Å². The molecule has 1 aliphatic heterocycles. The highest BCUT2D eigenvalue weighted by molar-refractivity contribution is 7.99. The molecule has 4 heteroatoms. The molecule has 3 rings (SSSR count). The topological polar surface area (TPSA) is 41.5 Å². The third-order valence-corrected chi connectivity index (χ3v) is 6.70. The van der Waals surface area contributed by atoms with Crippen LogP contribution in [0.25, 0.3) is 0 Å². The van der Waals surface area contributed by atoms with Crippen LogP contribution in [-0.2, 0) is 0 Å². The molecule has 2 N–H and O–H groups in total. The van der Waals surface area contributed by atoms with Crippen LogP contribution in [0, 0.1) is 0 Å². The summed E-state index contributed by atoms with van der Waals surface area (Å²) >= 11 is 1.90. The van der Waals surface area contributed by atoms with Gasteiger partial charge in [-0.25, -0.2) is 0 Å². The van der Waals surface area contributed by atoms with Crippen LogP contribution in [0.3, 0.4) is 0 Å². The molecule has 0 spiro atoms. The highest BCUT2D eigenvalue weighted by Gasteiger charge is 2.35. The Morgan fingerprint density at radius 3 is 2.69 bits per heavy atom. The number of aliphatic hydroxyl groups excluding tert-OH is 1.